The van der Waals surface area contributed by atoms with Crippen LogP contribution in [0, 0.1) is 0 Å². The Kier molecular flexibility index (Phi) is 8.48. The first-order chi connectivity index (χ1) is 16.8. The Morgan fingerprint density at radius 2 is 1.63 bits per heavy atom. The molecule has 1 amide bonds. The Hall–Kier alpha value is -3.85. The van der Waals surface area contributed by atoms with E-state index in [4.69, 9.17) is 9.47 Å². The first-order valence-electron chi connectivity index (χ1n) is 11.0. The number of hydrogen-bond acceptors (Lipinski definition) is 6. The fraction of sp³-hybridized carbons (Fsp3) is 0.231. The van der Waals surface area contributed by atoms with E-state index < -0.39 is 22.5 Å². The van der Waals surface area contributed by atoms with Gasteiger partial charge in [-0.2, -0.15) is 5.10 Å². The van der Waals surface area contributed by atoms with E-state index in [1.54, 1.807) is 48.5 Å². The molecule has 0 aliphatic rings. The number of nitrogens with zero attached hydrogens (tertiary/aromatic N) is 2. The van der Waals surface area contributed by atoms with Gasteiger partial charge in [0.15, 0.2) is 11.5 Å². The van der Waals surface area contributed by atoms with Gasteiger partial charge in [0.05, 0.1) is 31.0 Å². The second-order valence-electron chi connectivity index (χ2n) is 7.98. The van der Waals surface area contributed by atoms with Crippen molar-refractivity contribution in [3.05, 3.63) is 83.9 Å². The molecule has 184 valence electrons. The topological polar surface area (TPSA) is 97.3 Å². The van der Waals surface area contributed by atoms with Crippen LogP contribution in [0.1, 0.15) is 30.9 Å². The Labute approximate surface area is 206 Å². The van der Waals surface area contributed by atoms with E-state index in [2.05, 4.69) is 24.4 Å². The molecule has 0 aliphatic carbocycles. The monoisotopic (exact) mass is 495 g/mol. The Bertz CT molecular complexity index is 1270. The molecule has 0 radical (unpaired) electrons. The molecule has 0 bridgehead atoms. The molecule has 0 saturated carbocycles. The van der Waals surface area contributed by atoms with Gasteiger partial charge in [-0.15, -0.1) is 0 Å². The molecule has 35 heavy (non-hydrogen) atoms. The van der Waals surface area contributed by atoms with Crippen molar-refractivity contribution in [1.82, 2.24) is 5.43 Å². The van der Waals surface area contributed by atoms with Crippen molar-refractivity contribution in [2.24, 2.45) is 5.10 Å². The van der Waals surface area contributed by atoms with Crippen LogP contribution >= 0.6 is 0 Å². The number of carbonyl (C=O) groups is 1. The van der Waals surface area contributed by atoms with E-state index in [0.717, 1.165) is 9.87 Å². The van der Waals surface area contributed by atoms with Gasteiger partial charge in [0.1, 0.15) is 6.54 Å². The molecule has 0 unspecified atom stereocenters. The van der Waals surface area contributed by atoms with E-state index in [0.29, 0.717) is 22.7 Å². The summed E-state index contributed by atoms with van der Waals surface area (Å²) in [5.74, 6) is 0.790. The van der Waals surface area contributed by atoms with Crippen LogP contribution in [0.15, 0.2) is 82.8 Å². The Morgan fingerprint density at radius 1 is 0.971 bits per heavy atom. The highest BCUT2D eigenvalue weighted by molar-refractivity contribution is 7.92. The van der Waals surface area contributed by atoms with Crippen LogP contribution in [0.2, 0.25) is 0 Å². The molecule has 8 nitrogen and oxygen atoms in total. The third-order valence-electron chi connectivity index (χ3n) is 5.28. The molecule has 0 aromatic heterocycles. The second kappa shape index (κ2) is 11.5. The quantitative estimate of drug-likeness (QED) is 0.336. The van der Waals surface area contributed by atoms with E-state index in [-0.39, 0.29) is 10.8 Å². The number of ether oxygens (including phenoxy) is 2. The number of nitrogens with one attached hydrogen (secondary N) is 1. The molecule has 0 saturated heterocycles. The Balaban J connectivity index is 1.82. The van der Waals surface area contributed by atoms with Gasteiger partial charge in [0.2, 0.25) is 0 Å². The summed E-state index contributed by atoms with van der Waals surface area (Å²) in [6.07, 6.45) is 1.44. The number of hydrazone groups is 1. The van der Waals surface area contributed by atoms with Gasteiger partial charge in [-0.1, -0.05) is 44.2 Å². The van der Waals surface area contributed by atoms with Crippen LogP contribution in [0.5, 0.6) is 11.5 Å². The van der Waals surface area contributed by atoms with Crippen LogP contribution in [-0.2, 0) is 14.8 Å². The fourth-order valence-electron chi connectivity index (χ4n) is 3.34. The zero-order valence-corrected chi connectivity index (χ0v) is 21.0. The van der Waals surface area contributed by atoms with E-state index >= 15 is 0 Å². The highest BCUT2D eigenvalue weighted by Crippen LogP contribution is 2.27. The third kappa shape index (κ3) is 6.39. The minimum atomic E-state index is -3.99. The summed E-state index contributed by atoms with van der Waals surface area (Å²) in [7, 11) is -0.923. The van der Waals surface area contributed by atoms with E-state index in [9.17, 15) is 13.2 Å². The highest BCUT2D eigenvalue weighted by Gasteiger charge is 2.27. The van der Waals surface area contributed by atoms with E-state index in [1.165, 1.54) is 32.6 Å². The number of methoxy groups -OCH3 is 2. The maximum atomic E-state index is 13.4. The molecule has 3 aromatic carbocycles. The van der Waals surface area contributed by atoms with Crippen LogP contribution < -0.4 is 19.2 Å². The molecule has 9 heteroatoms. The van der Waals surface area contributed by atoms with Gasteiger partial charge in [0.25, 0.3) is 15.9 Å². The molecular formula is C26H29N3O5S. The lowest BCUT2D eigenvalue weighted by Gasteiger charge is -2.24. The highest BCUT2D eigenvalue weighted by atomic mass is 32.2. The summed E-state index contributed by atoms with van der Waals surface area (Å²) in [6.45, 7) is 3.66. The second-order valence-corrected chi connectivity index (χ2v) is 9.84. The van der Waals surface area contributed by atoms with Crippen molar-refractivity contribution in [1.29, 1.82) is 0 Å². The van der Waals surface area contributed by atoms with Crippen LogP contribution in [0.3, 0.4) is 0 Å². The minimum Gasteiger partial charge on any atom is -0.493 e. The number of benzene rings is 3. The summed E-state index contributed by atoms with van der Waals surface area (Å²) >= 11 is 0. The van der Waals surface area contributed by atoms with Crippen molar-refractivity contribution in [3.8, 4) is 11.5 Å². The van der Waals surface area contributed by atoms with Crippen LogP contribution in [-0.4, -0.2) is 41.3 Å². The number of anilines is 1. The van der Waals surface area contributed by atoms with Gasteiger partial charge < -0.3 is 9.47 Å². The zero-order valence-electron chi connectivity index (χ0n) is 20.1. The van der Waals surface area contributed by atoms with Gasteiger partial charge in [-0.05, 0) is 59.5 Å². The molecule has 0 fully saturated rings. The predicted octanol–water partition coefficient (Wildman–Crippen LogP) is 4.17. The van der Waals surface area contributed by atoms with Crippen molar-refractivity contribution < 1.29 is 22.7 Å². The lowest BCUT2D eigenvalue weighted by molar-refractivity contribution is -0.119. The number of amides is 1. The maximum absolute atomic E-state index is 13.4. The van der Waals surface area contributed by atoms with Crippen molar-refractivity contribution >= 4 is 27.8 Å². The molecule has 0 atom stereocenters. The molecule has 0 heterocycles. The number of carbonyl (C=O) groups excluding carboxylic acids is 1. The fourth-order valence-corrected chi connectivity index (χ4v) is 4.78. The SMILES string of the molecule is COc1ccc(/C=N\NC(=O)CN(c2ccc(C(C)C)cc2)S(=O)(=O)c2ccccc2)cc1OC. The third-order valence-corrected chi connectivity index (χ3v) is 7.06. The summed E-state index contributed by atoms with van der Waals surface area (Å²) < 4.78 is 38.3. The van der Waals surface area contributed by atoms with Crippen LogP contribution in [0.25, 0.3) is 0 Å². The lowest BCUT2D eigenvalue weighted by atomic mass is 10.0. The van der Waals surface area contributed by atoms with Crippen molar-refractivity contribution in [2.75, 3.05) is 25.1 Å². The standard InChI is InChI=1S/C26H29N3O5S/c1-19(2)21-11-13-22(14-12-21)29(35(31,32)23-8-6-5-7-9-23)18-26(30)28-27-17-20-10-15-24(33-3)25(16-20)34-4/h5-17,19H,18H2,1-4H3,(H,28,30)/b27-17-. The largest absolute Gasteiger partial charge is 0.493 e. The first kappa shape index (κ1) is 25.8. The first-order valence-corrected chi connectivity index (χ1v) is 12.4. The van der Waals surface area contributed by atoms with Gasteiger partial charge >= 0.3 is 0 Å². The molecular weight excluding hydrogens is 466 g/mol. The molecule has 0 spiro atoms. The van der Waals surface area contributed by atoms with Gasteiger partial charge in [0, 0.05) is 0 Å². The maximum Gasteiger partial charge on any atom is 0.264 e. The summed E-state index contributed by atoms with van der Waals surface area (Å²) in [5, 5.41) is 3.97. The number of sulfonamides is 1. The summed E-state index contributed by atoms with van der Waals surface area (Å²) in [5.41, 5.74) is 4.52. The Morgan fingerprint density at radius 3 is 2.23 bits per heavy atom. The molecule has 1 N–H and O–H groups in total. The van der Waals surface area contributed by atoms with E-state index in [1.807, 2.05) is 12.1 Å². The predicted molar refractivity (Wildman–Crippen MR) is 137 cm³/mol. The average Bonchev–Trinajstić information content (AvgIpc) is 2.87. The number of rotatable bonds is 10. The van der Waals surface area contributed by atoms with Gasteiger partial charge in [-0.25, -0.2) is 13.8 Å². The molecule has 3 aromatic rings. The minimum absolute atomic E-state index is 0.0922. The number of hydrogen-bond donors (Lipinski definition) is 1. The summed E-state index contributed by atoms with van der Waals surface area (Å²) in [4.78, 5) is 12.8. The smallest absolute Gasteiger partial charge is 0.264 e. The summed E-state index contributed by atoms with van der Waals surface area (Å²) in [6, 6.07) is 20.3. The zero-order chi connectivity index (χ0) is 25.4. The molecule has 3 rings (SSSR count). The van der Waals surface area contributed by atoms with Crippen molar-refractivity contribution in [3.63, 3.8) is 0 Å². The van der Waals surface area contributed by atoms with Gasteiger partial charge in [-0.3, -0.25) is 9.10 Å². The molecule has 0 aliphatic heterocycles. The average molecular weight is 496 g/mol. The lowest BCUT2D eigenvalue weighted by Crippen LogP contribution is -2.39. The van der Waals surface area contributed by atoms with Crippen LogP contribution in [0.4, 0.5) is 5.69 Å². The normalized spacial score (nSPS) is 11.5. The van der Waals surface area contributed by atoms with Crippen molar-refractivity contribution in [2.45, 2.75) is 24.7 Å².